The minimum Gasteiger partial charge on any atom is -0.381 e. The molecule has 0 spiro atoms. The molecule has 7 nitrogen and oxygen atoms in total. The van der Waals surface area contributed by atoms with Gasteiger partial charge in [0.05, 0.1) is 0 Å². The number of aryl methyl sites for hydroxylation is 1. The number of rotatable bonds is 9. The van der Waals surface area contributed by atoms with Crippen molar-refractivity contribution in [2.75, 3.05) is 32.8 Å². The summed E-state index contributed by atoms with van der Waals surface area (Å²) in [7, 11) is 0. The Labute approximate surface area is 183 Å². The summed E-state index contributed by atoms with van der Waals surface area (Å²) in [6, 6.07) is 10.1. The predicted octanol–water partition coefficient (Wildman–Crippen LogP) is 3.29. The molecule has 0 unspecified atom stereocenters. The fourth-order valence-electron chi connectivity index (χ4n) is 4.53. The lowest BCUT2D eigenvalue weighted by Crippen LogP contribution is -2.44. The van der Waals surface area contributed by atoms with E-state index in [0.717, 1.165) is 55.6 Å². The highest BCUT2D eigenvalue weighted by Gasteiger charge is 2.27. The molecule has 0 bridgehead atoms. The monoisotopic (exact) mass is 425 g/mol. The van der Waals surface area contributed by atoms with E-state index in [1.165, 1.54) is 0 Å². The van der Waals surface area contributed by atoms with Crippen LogP contribution in [0, 0.1) is 0 Å². The van der Waals surface area contributed by atoms with Crippen LogP contribution in [0.1, 0.15) is 44.1 Å². The van der Waals surface area contributed by atoms with E-state index < -0.39 is 0 Å². The molecule has 2 fully saturated rings. The summed E-state index contributed by atoms with van der Waals surface area (Å²) in [5.74, 6) is 0.393. The van der Waals surface area contributed by atoms with Crippen LogP contribution >= 0.6 is 0 Å². The Morgan fingerprint density at radius 3 is 2.74 bits per heavy atom. The second-order valence-electron chi connectivity index (χ2n) is 8.32. The van der Waals surface area contributed by atoms with Gasteiger partial charge in [-0.1, -0.05) is 35.5 Å². The molecule has 0 saturated carbocycles. The smallest absolute Gasteiger partial charge is 0.223 e. The van der Waals surface area contributed by atoms with Crippen LogP contribution in [0.25, 0.3) is 11.3 Å². The van der Waals surface area contributed by atoms with E-state index >= 15 is 0 Å². The van der Waals surface area contributed by atoms with Crippen LogP contribution in [0.15, 0.2) is 41.1 Å². The van der Waals surface area contributed by atoms with Crippen LogP contribution in [0.5, 0.6) is 0 Å². The normalized spacial score (nSPS) is 17.3. The number of ether oxygens (including phenoxy) is 1. The van der Waals surface area contributed by atoms with E-state index in [9.17, 15) is 9.59 Å². The fraction of sp³-hybridized carbons (Fsp3) is 0.542. The minimum absolute atomic E-state index is 0.153. The summed E-state index contributed by atoms with van der Waals surface area (Å²) in [4.78, 5) is 29.1. The van der Waals surface area contributed by atoms with Crippen molar-refractivity contribution >= 4 is 11.8 Å². The van der Waals surface area contributed by atoms with Gasteiger partial charge in [-0.3, -0.25) is 9.59 Å². The lowest BCUT2D eigenvalue weighted by molar-refractivity contribution is -0.135. The van der Waals surface area contributed by atoms with Gasteiger partial charge in [-0.15, -0.1) is 0 Å². The van der Waals surface area contributed by atoms with Crippen molar-refractivity contribution < 1.29 is 18.8 Å². The Hall–Kier alpha value is -2.67. The van der Waals surface area contributed by atoms with Gasteiger partial charge in [0, 0.05) is 62.9 Å². The maximum atomic E-state index is 13.2. The van der Waals surface area contributed by atoms with Gasteiger partial charge in [0.1, 0.15) is 12.0 Å². The molecule has 166 valence electrons. The lowest BCUT2D eigenvalue weighted by Gasteiger charge is -2.35. The number of carbonyl (C=O) groups excluding carboxylic acids is 2. The number of aromatic nitrogens is 1. The van der Waals surface area contributed by atoms with Crippen molar-refractivity contribution in [3.63, 3.8) is 0 Å². The second kappa shape index (κ2) is 10.6. The van der Waals surface area contributed by atoms with Crippen molar-refractivity contribution in [3.8, 4) is 11.3 Å². The van der Waals surface area contributed by atoms with E-state index in [1.54, 1.807) is 6.26 Å². The van der Waals surface area contributed by atoms with Gasteiger partial charge in [0.15, 0.2) is 0 Å². The highest BCUT2D eigenvalue weighted by atomic mass is 16.5. The SMILES string of the molecule is O=C1CCCN1CCCN(C(=O)CCc1conc1-c1ccccc1)C1CCOCC1. The van der Waals surface area contributed by atoms with Crippen LogP contribution in [0.2, 0.25) is 0 Å². The zero-order chi connectivity index (χ0) is 21.5. The number of hydrogen-bond donors (Lipinski definition) is 0. The first-order chi connectivity index (χ1) is 15.2. The van der Waals surface area contributed by atoms with E-state index in [-0.39, 0.29) is 17.9 Å². The van der Waals surface area contributed by atoms with Gasteiger partial charge in [-0.05, 0) is 32.1 Å². The topological polar surface area (TPSA) is 75.9 Å². The Bertz CT molecular complexity index is 861. The summed E-state index contributed by atoms with van der Waals surface area (Å²) in [6.07, 6.45) is 6.82. The molecule has 1 aromatic carbocycles. The molecule has 2 aliphatic heterocycles. The van der Waals surface area contributed by atoms with Crippen LogP contribution in [-0.2, 0) is 20.7 Å². The van der Waals surface area contributed by atoms with Gasteiger partial charge in [0.25, 0.3) is 0 Å². The van der Waals surface area contributed by atoms with Gasteiger partial charge in [-0.2, -0.15) is 0 Å². The van der Waals surface area contributed by atoms with E-state index in [0.29, 0.717) is 39.0 Å². The molecular weight excluding hydrogens is 394 g/mol. The maximum absolute atomic E-state index is 13.2. The van der Waals surface area contributed by atoms with E-state index in [1.807, 2.05) is 40.1 Å². The average Bonchev–Trinajstić information content (AvgIpc) is 3.45. The second-order valence-corrected chi connectivity index (χ2v) is 8.32. The molecule has 2 saturated heterocycles. The molecule has 0 N–H and O–H groups in total. The van der Waals surface area contributed by atoms with Crippen molar-refractivity contribution in [2.24, 2.45) is 0 Å². The molecule has 2 amide bonds. The molecule has 3 heterocycles. The summed E-state index contributed by atoms with van der Waals surface area (Å²) in [6.45, 7) is 3.66. The average molecular weight is 426 g/mol. The number of likely N-dealkylation sites (tertiary alicyclic amines) is 1. The van der Waals surface area contributed by atoms with Crippen LogP contribution in [0.3, 0.4) is 0 Å². The summed E-state index contributed by atoms with van der Waals surface area (Å²) in [5, 5.41) is 4.15. The first kappa shape index (κ1) is 21.6. The molecule has 31 heavy (non-hydrogen) atoms. The number of hydrogen-bond acceptors (Lipinski definition) is 5. The predicted molar refractivity (Wildman–Crippen MR) is 116 cm³/mol. The van der Waals surface area contributed by atoms with Gasteiger partial charge < -0.3 is 19.1 Å². The molecule has 0 radical (unpaired) electrons. The molecule has 2 aliphatic rings. The molecule has 7 heteroatoms. The quantitative estimate of drug-likeness (QED) is 0.616. The molecular formula is C24H31N3O4. The van der Waals surface area contributed by atoms with Crippen molar-refractivity contribution in [3.05, 3.63) is 42.2 Å². The minimum atomic E-state index is 0.153. The Morgan fingerprint density at radius 1 is 1.19 bits per heavy atom. The van der Waals surface area contributed by atoms with Crippen LogP contribution in [0.4, 0.5) is 0 Å². The Morgan fingerprint density at radius 2 is 2.00 bits per heavy atom. The molecule has 0 aliphatic carbocycles. The van der Waals surface area contributed by atoms with Crippen molar-refractivity contribution in [1.82, 2.24) is 15.0 Å². The van der Waals surface area contributed by atoms with Crippen molar-refractivity contribution in [2.45, 2.75) is 51.0 Å². The third kappa shape index (κ3) is 5.53. The van der Waals surface area contributed by atoms with Crippen LogP contribution < -0.4 is 0 Å². The van der Waals surface area contributed by atoms with Gasteiger partial charge >= 0.3 is 0 Å². The molecule has 4 rings (SSSR count). The zero-order valence-electron chi connectivity index (χ0n) is 18.0. The Kier molecular flexibility index (Phi) is 7.35. The van der Waals surface area contributed by atoms with Crippen LogP contribution in [-0.4, -0.2) is 65.7 Å². The standard InChI is InChI=1S/C24H31N3O4/c28-22-8-4-13-26(22)14-5-15-27(21-11-16-30-17-12-21)23(29)10-9-20-18-31-25-24(20)19-6-2-1-3-7-19/h1-3,6-7,18,21H,4-5,8-17H2. The largest absolute Gasteiger partial charge is 0.381 e. The summed E-state index contributed by atoms with van der Waals surface area (Å²) in [5.41, 5.74) is 2.75. The lowest BCUT2D eigenvalue weighted by atomic mass is 10.0. The first-order valence-corrected chi connectivity index (χ1v) is 11.4. The summed E-state index contributed by atoms with van der Waals surface area (Å²) < 4.78 is 10.7. The first-order valence-electron chi connectivity index (χ1n) is 11.4. The van der Waals surface area contributed by atoms with E-state index in [4.69, 9.17) is 9.26 Å². The highest BCUT2D eigenvalue weighted by Crippen LogP contribution is 2.24. The fourth-order valence-corrected chi connectivity index (χ4v) is 4.53. The Balaban J connectivity index is 1.36. The van der Waals surface area contributed by atoms with Gasteiger partial charge in [0.2, 0.25) is 11.8 Å². The molecule has 2 aromatic rings. The molecule has 1 aromatic heterocycles. The number of nitrogens with zero attached hydrogens (tertiary/aromatic N) is 3. The van der Waals surface area contributed by atoms with E-state index in [2.05, 4.69) is 5.16 Å². The third-order valence-corrected chi connectivity index (χ3v) is 6.25. The number of amides is 2. The third-order valence-electron chi connectivity index (χ3n) is 6.25. The summed E-state index contributed by atoms with van der Waals surface area (Å²) >= 11 is 0. The number of benzene rings is 1. The maximum Gasteiger partial charge on any atom is 0.223 e. The highest BCUT2D eigenvalue weighted by molar-refractivity contribution is 5.78. The zero-order valence-corrected chi connectivity index (χ0v) is 18.0. The van der Waals surface area contributed by atoms with Gasteiger partial charge in [-0.25, -0.2) is 0 Å². The van der Waals surface area contributed by atoms with Crippen molar-refractivity contribution in [1.29, 1.82) is 0 Å². The molecule has 0 atom stereocenters. The number of carbonyl (C=O) groups is 2.